The molecule has 88 valence electrons. The van der Waals surface area contributed by atoms with E-state index < -0.39 is 0 Å². The van der Waals surface area contributed by atoms with Gasteiger partial charge in [0, 0.05) is 38.4 Å². The highest BCUT2D eigenvalue weighted by Crippen LogP contribution is 2.22. The van der Waals surface area contributed by atoms with Crippen molar-refractivity contribution in [2.24, 2.45) is 12.8 Å². The Morgan fingerprint density at radius 3 is 2.88 bits per heavy atom. The second kappa shape index (κ2) is 4.80. The Balaban J connectivity index is 2.11. The van der Waals surface area contributed by atoms with Gasteiger partial charge in [0.15, 0.2) is 0 Å². The lowest BCUT2D eigenvalue weighted by Gasteiger charge is -2.32. The molecule has 4 heteroatoms. The summed E-state index contributed by atoms with van der Waals surface area (Å²) in [4.78, 5) is 2.42. The molecule has 2 N–H and O–H groups in total. The molecule has 1 aliphatic rings. The van der Waals surface area contributed by atoms with E-state index in [1.54, 1.807) is 0 Å². The van der Waals surface area contributed by atoms with Crippen LogP contribution in [0.2, 0.25) is 0 Å². The van der Waals surface area contributed by atoms with Crippen LogP contribution in [-0.2, 0) is 7.05 Å². The van der Waals surface area contributed by atoms with Crippen LogP contribution in [0.5, 0.6) is 0 Å². The van der Waals surface area contributed by atoms with Crippen molar-refractivity contribution in [3.8, 4) is 0 Å². The number of hydrogen-bond acceptors (Lipinski definition) is 3. The Hall–Kier alpha value is -1.13. The zero-order valence-corrected chi connectivity index (χ0v) is 10.1. The van der Waals surface area contributed by atoms with Gasteiger partial charge in [-0.15, -0.1) is 0 Å². The molecule has 0 bridgehead atoms. The van der Waals surface area contributed by atoms with Crippen molar-refractivity contribution < 1.29 is 0 Å². The predicted octanol–water partition coefficient (Wildman–Crippen LogP) is 1.07. The van der Waals surface area contributed by atoms with Crippen LogP contribution >= 0.6 is 0 Å². The van der Waals surface area contributed by atoms with Gasteiger partial charge in [0.1, 0.15) is 0 Å². The van der Waals surface area contributed by atoms with Crippen molar-refractivity contribution in [3.63, 3.8) is 0 Å². The molecule has 1 unspecified atom stereocenters. The molecular formula is C12H20N4. The van der Waals surface area contributed by atoms with Crippen LogP contribution in [0.3, 0.4) is 0 Å². The number of hydrogen-bond donors (Lipinski definition) is 1. The SMILES string of the molecule is CC1=CCN(C(CN)c2cnn(C)c2)CC1. The van der Waals surface area contributed by atoms with E-state index in [9.17, 15) is 0 Å². The summed E-state index contributed by atoms with van der Waals surface area (Å²) in [5, 5.41) is 4.21. The summed E-state index contributed by atoms with van der Waals surface area (Å²) in [6, 6.07) is 0.304. The molecule has 2 rings (SSSR count). The summed E-state index contributed by atoms with van der Waals surface area (Å²) in [6.45, 7) is 4.94. The van der Waals surface area contributed by atoms with Gasteiger partial charge in [-0.2, -0.15) is 5.10 Å². The molecule has 0 aliphatic carbocycles. The minimum Gasteiger partial charge on any atom is -0.329 e. The fourth-order valence-corrected chi connectivity index (χ4v) is 2.18. The van der Waals surface area contributed by atoms with Crippen molar-refractivity contribution in [1.29, 1.82) is 0 Å². The molecule has 1 aromatic rings. The van der Waals surface area contributed by atoms with E-state index >= 15 is 0 Å². The predicted molar refractivity (Wildman–Crippen MR) is 65.0 cm³/mol. The number of nitrogens with zero attached hydrogens (tertiary/aromatic N) is 3. The Bertz CT molecular complexity index is 380. The summed E-state index contributed by atoms with van der Waals surface area (Å²) in [7, 11) is 1.94. The summed E-state index contributed by atoms with van der Waals surface area (Å²) < 4.78 is 1.84. The lowest BCUT2D eigenvalue weighted by Crippen LogP contribution is -2.36. The normalized spacial score (nSPS) is 19.6. The van der Waals surface area contributed by atoms with Gasteiger partial charge in [0.25, 0.3) is 0 Å². The van der Waals surface area contributed by atoms with Crippen LogP contribution in [0.1, 0.15) is 24.9 Å². The highest BCUT2D eigenvalue weighted by molar-refractivity contribution is 5.14. The number of rotatable bonds is 3. The molecule has 2 heterocycles. The van der Waals surface area contributed by atoms with Crippen molar-refractivity contribution in [2.45, 2.75) is 19.4 Å². The van der Waals surface area contributed by atoms with Gasteiger partial charge in [0.05, 0.1) is 12.2 Å². The zero-order chi connectivity index (χ0) is 11.5. The first-order valence-electron chi connectivity index (χ1n) is 5.79. The topological polar surface area (TPSA) is 47.1 Å². The Morgan fingerprint density at radius 2 is 2.38 bits per heavy atom. The summed E-state index contributed by atoms with van der Waals surface area (Å²) in [5.41, 5.74) is 8.58. The molecule has 0 amide bonds. The number of aromatic nitrogens is 2. The van der Waals surface area contributed by atoms with E-state index in [1.165, 1.54) is 11.1 Å². The van der Waals surface area contributed by atoms with E-state index in [-0.39, 0.29) is 0 Å². The van der Waals surface area contributed by atoms with Crippen LogP contribution < -0.4 is 5.73 Å². The summed E-state index contributed by atoms with van der Waals surface area (Å²) >= 11 is 0. The van der Waals surface area contributed by atoms with Crippen LogP contribution in [0.25, 0.3) is 0 Å². The van der Waals surface area contributed by atoms with E-state index in [4.69, 9.17) is 5.73 Å². The van der Waals surface area contributed by atoms with Gasteiger partial charge in [-0.05, 0) is 13.3 Å². The molecule has 1 aliphatic heterocycles. The lowest BCUT2D eigenvalue weighted by molar-refractivity contribution is 0.217. The first-order valence-corrected chi connectivity index (χ1v) is 5.79. The van der Waals surface area contributed by atoms with Crippen molar-refractivity contribution >= 4 is 0 Å². The fraction of sp³-hybridized carbons (Fsp3) is 0.583. The van der Waals surface area contributed by atoms with Crippen LogP contribution in [0.15, 0.2) is 24.0 Å². The maximum absolute atomic E-state index is 5.88. The van der Waals surface area contributed by atoms with E-state index in [1.807, 2.05) is 17.9 Å². The van der Waals surface area contributed by atoms with Crippen molar-refractivity contribution in [3.05, 3.63) is 29.6 Å². The van der Waals surface area contributed by atoms with Crippen LogP contribution in [-0.4, -0.2) is 34.3 Å². The molecule has 0 spiro atoms. The summed E-state index contributed by atoms with van der Waals surface area (Å²) in [6.07, 6.45) is 7.42. The summed E-state index contributed by atoms with van der Waals surface area (Å²) in [5.74, 6) is 0. The average Bonchev–Trinajstić information content (AvgIpc) is 2.69. The van der Waals surface area contributed by atoms with Gasteiger partial charge in [-0.25, -0.2) is 0 Å². The average molecular weight is 220 g/mol. The number of nitrogens with two attached hydrogens (primary N) is 1. The number of aryl methyl sites for hydroxylation is 1. The van der Waals surface area contributed by atoms with Crippen molar-refractivity contribution in [1.82, 2.24) is 14.7 Å². The Morgan fingerprint density at radius 1 is 1.56 bits per heavy atom. The Labute approximate surface area is 96.7 Å². The van der Waals surface area contributed by atoms with Gasteiger partial charge < -0.3 is 5.73 Å². The second-order valence-electron chi connectivity index (χ2n) is 4.49. The molecule has 0 radical (unpaired) electrons. The van der Waals surface area contributed by atoms with Crippen molar-refractivity contribution in [2.75, 3.05) is 19.6 Å². The van der Waals surface area contributed by atoms with Gasteiger partial charge in [0.2, 0.25) is 0 Å². The minimum atomic E-state index is 0.304. The monoisotopic (exact) mass is 220 g/mol. The largest absolute Gasteiger partial charge is 0.329 e. The van der Waals surface area contributed by atoms with Gasteiger partial charge >= 0.3 is 0 Å². The highest BCUT2D eigenvalue weighted by Gasteiger charge is 2.21. The standard InChI is InChI=1S/C12H20N4/c1-10-3-5-16(6-4-10)12(7-13)11-8-14-15(2)9-11/h3,8-9,12H,4-7,13H2,1-2H3. The maximum Gasteiger partial charge on any atom is 0.0538 e. The minimum absolute atomic E-state index is 0.304. The molecule has 0 fully saturated rings. The van der Waals surface area contributed by atoms with Crippen LogP contribution in [0, 0.1) is 0 Å². The smallest absolute Gasteiger partial charge is 0.0538 e. The van der Waals surface area contributed by atoms with Gasteiger partial charge in [-0.3, -0.25) is 9.58 Å². The third-order valence-electron chi connectivity index (χ3n) is 3.24. The molecule has 0 saturated carbocycles. The highest BCUT2D eigenvalue weighted by atomic mass is 15.3. The first kappa shape index (κ1) is 11.4. The molecule has 4 nitrogen and oxygen atoms in total. The molecule has 1 atom stereocenters. The first-order chi connectivity index (χ1) is 7.70. The third-order valence-corrected chi connectivity index (χ3v) is 3.24. The fourth-order valence-electron chi connectivity index (χ4n) is 2.18. The molecule has 1 aromatic heterocycles. The maximum atomic E-state index is 5.88. The van der Waals surface area contributed by atoms with E-state index in [0.717, 1.165) is 19.5 Å². The van der Waals surface area contributed by atoms with Gasteiger partial charge in [-0.1, -0.05) is 11.6 Å². The zero-order valence-electron chi connectivity index (χ0n) is 10.1. The third kappa shape index (κ3) is 2.33. The second-order valence-corrected chi connectivity index (χ2v) is 4.49. The molecule has 0 saturated heterocycles. The lowest BCUT2D eigenvalue weighted by atomic mass is 10.0. The molecular weight excluding hydrogens is 200 g/mol. The Kier molecular flexibility index (Phi) is 3.41. The molecule has 16 heavy (non-hydrogen) atoms. The van der Waals surface area contributed by atoms with E-state index in [0.29, 0.717) is 12.6 Å². The van der Waals surface area contributed by atoms with E-state index in [2.05, 4.69) is 29.2 Å². The molecule has 0 aromatic carbocycles. The van der Waals surface area contributed by atoms with Crippen LogP contribution in [0.4, 0.5) is 0 Å². The quantitative estimate of drug-likeness (QED) is 0.775.